The van der Waals surface area contributed by atoms with Crippen molar-refractivity contribution in [3.05, 3.63) is 35.9 Å². The third-order valence-electron chi connectivity index (χ3n) is 4.27. The molecule has 0 heterocycles. The van der Waals surface area contributed by atoms with E-state index in [0.717, 1.165) is 25.2 Å². The smallest absolute Gasteiger partial charge is 0.305 e. The van der Waals surface area contributed by atoms with E-state index >= 15 is 0 Å². The molecule has 0 saturated carbocycles. The van der Waals surface area contributed by atoms with E-state index < -0.39 is 5.41 Å². The Balaban J connectivity index is 2.96. The molecule has 0 saturated heterocycles. The molecule has 0 radical (unpaired) electrons. The van der Waals surface area contributed by atoms with Crippen LogP contribution < -0.4 is 0 Å². The second-order valence-corrected chi connectivity index (χ2v) is 5.41. The average Bonchev–Trinajstić information content (AvgIpc) is 2.59. The normalized spacial score (nSPS) is 13.4. The van der Waals surface area contributed by atoms with Gasteiger partial charge in [-0.05, 0) is 38.0 Å². The van der Waals surface area contributed by atoms with Gasteiger partial charge in [0.25, 0.3) is 0 Å². The number of hydrogen-bond donors (Lipinski definition) is 0. The lowest BCUT2D eigenvalue weighted by Gasteiger charge is -2.30. The molecule has 120 valence electrons. The number of ether oxygens (including phenoxy) is 1. The van der Waals surface area contributed by atoms with Crippen molar-refractivity contribution < 1.29 is 9.53 Å². The van der Waals surface area contributed by atoms with Gasteiger partial charge in [0.15, 0.2) is 0 Å². The van der Waals surface area contributed by atoms with Crippen molar-refractivity contribution in [2.45, 2.75) is 38.5 Å². The second kappa shape index (κ2) is 9.22. The molecule has 0 aliphatic carbocycles. The Hall–Kier alpha value is -1.86. The van der Waals surface area contributed by atoms with Crippen LogP contribution in [0.2, 0.25) is 0 Å². The molecule has 4 nitrogen and oxygen atoms in total. The zero-order chi connectivity index (χ0) is 16.4. The maximum absolute atomic E-state index is 11.5. The van der Waals surface area contributed by atoms with E-state index in [9.17, 15) is 10.1 Å². The van der Waals surface area contributed by atoms with Crippen LogP contribution in [-0.4, -0.2) is 37.6 Å². The lowest BCUT2D eigenvalue weighted by atomic mass is 9.75. The van der Waals surface area contributed by atoms with E-state index in [0.29, 0.717) is 12.8 Å². The number of hydrogen-bond acceptors (Lipinski definition) is 4. The van der Waals surface area contributed by atoms with Gasteiger partial charge in [0.2, 0.25) is 0 Å². The maximum atomic E-state index is 11.5. The Bertz CT molecular complexity index is 492. The van der Waals surface area contributed by atoms with Gasteiger partial charge in [-0.1, -0.05) is 44.2 Å². The van der Waals surface area contributed by atoms with Crippen molar-refractivity contribution in [3.8, 4) is 6.07 Å². The van der Waals surface area contributed by atoms with Gasteiger partial charge < -0.3 is 9.64 Å². The van der Waals surface area contributed by atoms with Crippen molar-refractivity contribution in [3.63, 3.8) is 0 Å². The standard InChI is InChI=1S/C18H26N2O2/c1-4-20(5-2)14-13-18(15-19,12-11-17(21)22-3)16-9-7-6-8-10-16/h6-10H,4-5,11-14H2,1-3H3. The third-order valence-corrected chi connectivity index (χ3v) is 4.27. The Morgan fingerprint density at radius 1 is 1.23 bits per heavy atom. The lowest BCUT2D eigenvalue weighted by Crippen LogP contribution is -2.33. The molecule has 1 atom stereocenters. The molecule has 0 fully saturated rings. The van der Waals surface area contributed by atoms with Crippen LogP contribution in [0.5, 0.6) is 0 Å². The molecule has 22 heavy (non-hydrogen) atoms. The fraction of sp³-hybridized carbons (Fsp3) is 0.556. The van der Waals surface area contributed by atoms with E-state index in [1.54, 1.807) is 0 Å². The Kier molecular flexibility index (Phi) is 7.62. The quantitative estimate of drug-likeness (QED) is 0.658. The molecule has 0 spiro atoms. The maximum Gasteiger partial charge on any atom is 0.305 e. The van der Waals surface area contributed by atoms with Crippen molar-refractivity contribution in [1.82, 2.24) is 4.90 Å². The molecule has 0 amide bonds. The van der Waals surface area contributed by atoms with Crippen LogP contribution in [0.3, 0.4) is 0 Å². The van der Waals surface area contributed by atoms with E-state index in [-0.39, 0.29) is 12.4 Å². The van der Waals surface area contributed by atoms with Crippen molar-refractivity contribution >= 4 is 5.97 Å². The number of nitriles is 1. The highest BCUT2D eigenvalue weighted by atomic mass is 16.5. The van der Waals surface area contributed by atoms with Crippen LogP contribution in [-0.2, 0) is 14.9 Å². The first-order chi connectivity index (χ1) is 10.6. The summed E-state index contributed by atoms with van der Waals surface area (Å²) in [5.74, 6) is -0.265. The van der Waals surface area contributed by atoms with E-state index in [1.807, 2.05) is 30.3 Å². The summed E-state index contributed by atoms with van der Waals surface area (Å²) in [7, 11) is 1.38. The van der Waals surface area contributed by atoms with Gasteiger partial charge >= 0.3 is 5.97 Å². The summed E-state index contributed by atoms with van der Waals surface area (Å²) in [5, 5.41) is 9.85. The highest BCUT2D eigenvalue weighted by Gasteiger charge is 2.33. The molecule has 4 heteroatoms. The van der Waals surface area contributed by atoms with Crippen LogP contribution in [0.25, 0.3) is 0 Å². The Morgan fingerprint density at radius 3 is 2.36 bits per heavy atom. The molecule has 1 rings (SSSR count). The summed E-state index contributed by atoms with van der Waals surface area (Å²) in [6.07, 6.45) is 1.46. The SMILES string of the molecule is CCN(CC)CCC(C#N)(CCC(=O)OC)c1ccccc1. The van der Waals surface area contributed by atoms with Crippen LogP contribution in [0, 0.1) is 11.3 Å². The fourth-order valence-corrected chi connectivity index (χ4v) is 2.65. The molecule has 0 N–H and O–H groups in total. The van der Waals surface area contributed by atoms with Gasteiger partial charge in [-0.2, -0.15) is 5.26 Å². The predicted octanol–water partition coefficient (Wildman–Crippen LogP) is 3.13. The highest BCUT2D eigenvalue weighted by molar-refractivity contribution is 5.69. The van der Waals surface area contributed by atoms with Gasteiger partial charge in [-0.15, -0.1) is 0 Å². The minimum atomic E-state index is -0.641. The molecule has 1 aromatic rings. The van der Waals surface area contributed by atoms with E-state index in [1.165, 1.54) is 7.11 Å². The van der Waals surface area contributed by atoms with Gasteiger partial charge in [-0.3, -0.25) is 4.79 Å². The second-order valence-electron chi connectivity index (χ2n) is 5.41. The Labute approximate surface area is 133 Å². The van der Waals surface area contributed by atoms with Crippen LogP contribution in [0.4, 0.5) is 0 Å². The van der Waals surface area contributed by atoms with Gasteiger partial charge in [0.05, 0.1) is 18.6 Å². The lowest BCUT2D eigenvalue weighted by molar-refractivity contribution is -0.140. The minimum Gasteiger partial charge on any atom is -0.469 e. The van der Waals surface area contributed by atoms with E-state index in [2.05, 4.69) is 24.8 Å². The molecule has 1 unspecified atom stereocenters. The summed E-state index contributed by atoms with van der Waals surface area (Å²) in [6.45, 7) is 7.01. The van der Waals surface area contributed by atoms with Crippen molar-refractivity contribution in [1.29, 1.82) is 5.26 Å². The molecule has 1 aromatic carbocycles. The fourth-order valence-electron chi connectivity index (χ4n) is 2.65. The molecular formula is C18H26N2O2. The Morgan fingerprint density at radius 2 is 1.86 bits per heavy atom. The largest absolute Gasteiger partial charge is 0.469 e. The van der Waals surface area contributed by atoms with E-state index in [4.69, 9.17) is 4.74 Å². The number of carbonyl (C=O) groups excluding carboxylic acids is 1. The number of benzene rings is 1. The zero-order valence-electron chi connectivity index (χ0n) is 13.8. The number of rotatable bonds is 9. The zero-order valence-corrected chi connectivity index (χ0v) is 13.8. The van der Waals surface area contributed by atoms with Crippen LogP contribution in [0.1, 0.15) is 38.7 Å². The van der Waals surface area contributed by atoms with Crippen molar-refractivity contribution in [2.75, 3.05) is 26.7 Å². The molecule has 0 aliphatic heterocycles. The average molecular weight is 302 g/mol. The first kappa shape index (κ1) is 18.2. The molecule has 0 aliphatic rings. The summed E-state index contributed by atoms with van der Waals surface area (Å²) >= 11 is 0. The van der Waals surface area contributed by atoms with Gasteiger partial charge in [0, 0.05) is 6.42 Å². The molecular weight excluding hydrogens is 276 g/mol. The van der Waals surface area contributed by atoms with Gasteiger partial charge in [-0.25, -0.2) is 0 Å². The minimum absolute atomic E-state index is 0.261. The monoisotopic (exact) mass is 302 g/mol. The van der Waals surface area contributed by atoms with Crippen LogP contribution in [0.15, 0.2) is 30.3 Å². The number of carbonyl (C=O) groups is 1. The molecule has 0 bridgehead atoms. The summed E-state index contributed by atoms with van der Waals surface area (Å²) in [4.78, 5) is 13.8. The first-order valence-electron chi connectivity index (χ1n) is 7.87. The summed E-state index contributed by atoms with van der Waals surface area (Å²) in [5.41, 5.74) is 0.339. The number of esters is 1. The third kappa shape index (κ3) is 4.85. The highest BCUT2D eigenvalue weighted by Crippen LogP contribution is 2.33. The van der Waals surface area contributed by atoms with Crippen LogP contribution >= 0.6 is 0 Å². The number of nitrogens with zero attached hydrogens (tertiary/aromatic N) is 2. The first-order valence-corrected chi connectivity index (χ1v) is 7.87. The predicted molar refractivity (Wildman–Crippen MR) is 87.4 cm³/mol. The van der Waals surface area contributed by atoms with Gasteiger partial charge in [0.1, 0.15) is 0 Å². The molecule has 0 aromatic heterocycles. The topological polar surface area (TPSA) is 53.3 Å². The summed E-state index contributed by atoms with van der Waals surface area (Å²) in [6, 6.07) is 12.3. The van der Waals surface area contributed by atoms with Crippen molar-refractivity contribution in [2.24, 2.45) is 0 Å². The summed E-state index contributed by atoms with van der Waals surface area (Å²) < 4.78 is 4.74. The number of methoxy groups -OCH3 is 1.